The van der Waals surface area contributed by atoms with Crippen LogP contribution in [0, 0.1) is 0 Å². The topological polar surface area (TPSA) is 43.6 Å². The van der Waals surface area contributed by atoms with E-state index in [0.29, 0.717) is 0 Å². The molecule has 0 bridgehead atoms. The highest BCUT2D eigenvalue weighted by Crippen LogP contribution is 2.10. The van der Waals surface area contributed by atoms with Crippen LogP contribution in [0.1, 0.15) is 0 Å². The van der Waals surface area contributed by atoms with Gasteiger partial charge in [0.1, 0.15) is 5.69 Å². The van der Waals surface area contributed by atoms with Crippen LogP contribution in [-0.4, -0.2) is 20.0 Å². The zero-order valence-corrected chi connectivity index (χ0v) is 6.68. The average molecular weight is 160 g/mol. The van der Waals surface area contributed by atoms with Crippen LogP contribution < -0.4 is 0 Å². The zero-order valence-electron chi connectivity index (χ0n) is 6.68. The Morgan fingerprint density at radius 1 is 1.25 bits per heavy atom. The summed E-state index contributed by atoms with van der Waals surface area (Å²) in [6.07, 6.45) is 3.44. The van der Waals surface area contributed by atoms with Gasteiger partial charge in [-0.05, 0) is 12.1 Å². The molecule has 0 radical (unpaired) electrons. The number of hydrogen-bond acceptors (Lipinski definition) is 3. The molecular weight excluding hydrogens is 152 g/mol. The molecule has 0 aliphatic rings. The zero-order chi connectivity index (χ0) is 8.39. The van der Waals surface area contributed by atoms with Crippen LogP contribution in [0.4, 0.5) is 0 Å². The van der Waals surface area contributed by atoms with Gasteiger partial charge in [0.2, 0.25) is 0 Å². The summed E-state index contributed by atoms with van der Waals surface area (Å²) in [5.41, 5.74) is 1.66. The maximum atomic E-state index is 4.15. The van der Waals surface area contributed by atoms with Gasteiger partial charge in [0.25, 0.3) is 0 Å². The highest BCUT2D eigenvalue weighted by atomic mass is 15.4. The molecular formula is C8H8N4. The highest BCUT2D eigenvalue weighted by Gasteiger charge is 2.00. The molecule has 0 aliphatic carbocycles. The minimum atomic E-state index is 0.804. The fourth-order valence-electron chi connectivity index (χ4n) is 0.977. The van der Waals surface area contributed by atoms with E-state index in [1.54, 1.807) is 19.4 Å². The van der Waals surface area contributed by atoms with Crippen molar-refractivity contribution < 1.29 is 0 Å². The molecule has 0 aromatic carbocycles. The lowest BCUT2D eigenvalue weighted by Crippen LogP contribution is -1.92. The molecule has 0 amide bonds. The molecule has 0 unspecified atom stereocenters. The number of rotatable bonds is 1. The SMILES string of the molecule is Cn1ncc(-c2ccccn2)n1. The van der Waals surface area contributed by atoms with Crippen LogP contribution in [0.15, 0.2) is 30.6 Å². The van der Waals surface area contributed by atoms with Crippen molar-refractivity contribution in [3.63, 3.8) is 0 Å². The fourth-order valence-corrected chi connectivity index (χ4v) is 0.977. The van der Waals surface area contributed by atoms with E-state index in [0.717, 1.165) is 11.4 Å². The number of aryl methyl sites for hydroxylation is 1. The quantitative estimate of drug-likeness (QED) is 0.622. The Kier molecular flexibility index (Phi) is 1.59. The smallest absolute Gasteiger partial charge is 0.131 e. The van der Waals surface area contributed by atoms with Crippen molar-refractivity contribution in [2.24, 2.45) is 7.05 Å². The van der Waals surface area contributed by atoms with Crippen molar-refractivity contribution >= 4 is 0 Å². The minimum Gasteiger partial charge on any atom is -0.254 e. The van der Waals surface area contributed by atoms with Crippen LogP contribution in [0.3, 0.4) is 0 Å². The standard InChI is InChI=1S/C8H8N4/c1-12-10-6-8(11-12)7-4-2-3-5-9-7/h2-6H,1H3. The molecule has 0 saturated carbocycles. The lowest BCUT2D eigenvalue weighted by atomic mass is 10.3. The molecule has 2 aromatic heterocycles. The lowest BCUT2D eigenvalue weighted by molar-refractivity contribution is 0.655. The third-order valence-electron chi connectivity index (χ3n) is 1.53. The van der Waals surface area contributed by atoms with Gasteiger partial charge >= 0.3 is 0 Å². The summed E-state index contributed by atoms with van der Waals surface area (Å²) < 4.78 is 0. The second-order valence-corrected chi connectivity index (χ2v) is 2.43. The summed E-state index contributed by atoms with van der Waals surface area (Å²) in [5.74, 6) is 0. The van der Waals surface area contributed by atoms with Gasteiger partial charge in [0.15, 0.2) is 0 Å². The molecule has 4 heteroatoms. The van der Waals surface area contributed by atoms with E-state index >= 15 is 0 Å². The van der Waals surface area contributed by atoms with Gasteiger partial charge in [0, 0.05) is 13.2 Å². The van der Waals surface area contributed by atoms with Crippen molar-refractivity contribution in [1.29, 1.82) is 0 Å². The molecule has 0 aliphatic heterocycles. The summed E-state index contributed by atoms with van der Waals surface area (Å²) in [6.45, 7) is 0. The molecule has 0 N–H and O–H groups in total. The third kappa shape index (κ3) is 1.18. The van der Waals surface area contributed by atoms with E-state index in [2.05, 4.69) is 15.2 Å². The normalized spacial score (nSPS) is 10.1. The maximum Gasteiger partial charge on any atom is 0.131 e. The Labute approximate surface area is 69.9 Å². The molecule has 0 spiro atoms. The van der Waals surface area contributed by atoms with Crippen LogP contribution >= 0.6 is 0 Å². The van der Waals surface area contributed by atoms with Crippen molar-refractivity contribution in [1.82, 2.24) is 20.0 Å². The first-order chi connectivity index (χ1) is 5.86. The van der Waals surface area contributed by atoms with Gasteiger partial charge in [-0.15, -0.1) is 0 Å². The molecule has 0 atom stereocenters. The largest absolute Gasteiger partial charge is 0.254 e. The van der Waals surface area contributed by atoms with Gasteiger partial charge in [-0.1, -0.05) is 6.07 Å². The number of hydrogen-bond donors (Lipinski definition) is 0. The second-order valence-electron chi connectivity index (χ2n) is 2.43. The maximum absolute atomic E-state index is 4.15. The van der Waals surface area contributed by atoms with Crippen molar-refractivity contribution in [3.05, 3.63) is 30.6 Å². The Bertz CT molecular complexity index is 366. The van der Waals surface area contributed by atoms with Gasteiger partial charge < -0.3 is 0 Å². The third-order valence-corrected chi connectivity index (χ3v) is 1.53. The van der Waals surface area contributed by atoms with E-state index < -0.39 is 0 Å². The summed E-state index contributed by atoms with van der Waals surface area (Å²) in [4.78, 5) is 5.66. The Morgan fingerprint density at radius 2 is 2.17 bits per heavy atom. The monoisotopic (exact) mass is 160 g/mol. The fraction of sp³-hybridized carbons (Fsp3) is 0.125. The molecule has 0 saturated heterocycles. The van der Waals surface area contributed by atoms with E-state index in [1.165, 1.54) is 4.80 Å². The summed E-state index contributed by atoms with van der Waals surface area (Å²) in [6, 6.07) is 5.71. The lowest BCUT2D eigenvalue weighted by Gasteiger charge is -1.90. The van der Waals surface area contributed by atoms with Crippen molar-refractivity contribution in [3.8, 4) is 11.4 Å². The molecule has 60 valence electrons. The van der Waals surface area contributed by atoms with Gasteiger partial charge in [-0.25, -0.2) is 0 Å². The number of pyridine rings is 1. The summed E-state index contributed by atoms with van der Waals surface area (Å²) in [5, 5.41) is 8.08. The predicted molar refractivity (Wildman–Crippen MR) is 44.2 cm³/mol. The van der Waals surface area contributed by atoms with Crippen molar-refractivity contribution in [2.45, 2.75) is 0 Å². The van der Waals surface area contributed by atoms with E-state index in [4.69, 9.17) is 0 Å². The predicted octanol–water partition coefficient (Wildman–Crippen LogP) is 0.877. The van der Waals surface area contributed by atoms with Gasteiger partial charge in [-0.2, -0.15) is 15.0 Å². The van der Waals surface area contributed by atoms with Crippen LogP contribution in [-0.2, 0) is 7.05 Å². The first-order valence-corrected chi connectivity index (χ1v) is 3.64. The second kappa shape index (κ2) is 2.73. The average Bonchev–Trinajstić information content (AvgIpc) is 2.54. The highest BCUT2D eigenvalue weighted by molar-refractivity contribution is 5.51. The molecule has 0 fully saturated rings. The van der Waals surface area contributed by atoms with E-state index in [-0.39, 0.29) is 0 Å². The summed E-state index contributed by atoms with van der Waals surface area (Å²) in [7, 11) is 1.78. The van der Waals surface area contributed by atoms with Gasteiger partial charge in [-0.3, -0.25) is 4.98 Å². The van der Waals surface area contributed by atoms with E-state index in [9.17, 15) is 0 Å². The molecule has 2 rings (SSSR count). The molecule has 2 heterocycles. The molecule has 12 heavy (non-hydrogen) atoms. The number of aromatic nitrogens is 4. The first-order valence-electron chi connectivity index (χ1n) is 3.64. The van der Waals surface area contributed by atoms with Gasteiger partial charge in [0.05, 0.1) is 11.9 Å². The molecule has 2 aromatic rings. The Morgan fingerprint density at radius 3 is 2.75 bits per heavy atom. The first kappa shape index (κ1) is 6.97. The van der Waals surface area contributed by atoms with Crippen LogP contribution in [0.5, 0.6) is 0 Å². The molecule has 4 nitrogen and oxygen atoms in total. The Balaban J connectivity index is 2.45. The summed E-state index contributed by atoms with van der Waals surface area (Å²) >= 11 is 0. The van der Waals surface area contributed by atoms with Crippen LogP contribution in [0.2, 0.25) is 0 Å². The van der Waals surface area contributed by atoms with E-state index in [1.807, 2.05) is 18.2 Å². The van der Waals surface area contributed by atoms with Crippen molar-refractivity contribution in [2.75, 3.05) is 0 Å². The minimum absolute atomic E-state index is 0.804. The Hall–Kier alpha value is -1.71. The van der Waals surface area contributed by atoms with Crippen LogP contribution in [0.25, 0.3) is 11.4 Å². The number of nitrogens with zero attached hydrogens (tertiary/aromatic N) is 4.